The molecule has 2 aromatic rings. The summed E-state index contributed by atoms with van der Waals surface area (Å²) < 4.78 is 20.8. The molecule has 2 unspecified atom stereocenters. The largest absolute Gasteiger partial charge is 0.444 e. The zero-order valence-corrected chi connectivity index (χ0v) is 19.6. The minimum absolute atomic E-state index is 0.177. The number of hydrogen-bond donors (Lipinski definition) is 0. The van der Waals surface area contributed by atoms with Crippen molar-refractivity contribution in [2.24, 2.45) is 5.92 Å². The first-order valence-electron chi connectivity index (χ1n) is 11.5. The van der Waals surface area contributed by atoms with Gasteiger partial charge in [0.05, 0.1) is 0 Å². The number of carbonyl (C=O) groups is 1. The molecule has 1 aliphatic heterocycles. The molecule has 168 valence electrons. The van der Waals surface area contributed by atoms with Crippen LogP contribution in [0.1, 0.15) is 70.4 Å². The van der Waals surface area contributed by atoms with E-state index in [0.29, 0.717) is 12.1 Å². The van der Waals surface area contributed by atoms with Gasteiger partial charge < -0.3 is 9.64 Å². The van der Waals surface area contributed by atoms with Crippen molar-refractivity contribution in [2.75, 3.05) is 13.1 Å². The van der Waals surface area contributed by atoms with E-state index in [4.69, 9.17) is 4.74 Å². The number of ether oxygens (including phenoxy) is 1. The fourth-order valence-corrected chi connectivity index (χ4v) is 4.74. The molecule has 0 bridgehead atoms. The number of halogens is 1. The highest BCUT2D eigenvalue weighted by molar-refractivity contribution is 5.70. The van der Waals surface area contributed by atoms with Crippen molar-refractivity contribution in [3.63, 3.8) is 0 Å². The lowest BCUT2D eigenvalue weighted by atomic mass is 9.76. The van der Waals surface area contributed by atoms with Crippen LogP contribution in [-0.4, -0.2) is 29.7 Å². The molecule has 0 aliphatic carbocycles. The second-order valence-corrected chi connectivity index (χ2v) is 9.80. The van der Waals surface area contributed by atoms with E-state index >= 15 is 4.39 Å². The van der Waals surface area contributed by atoms with E-state index in [9.17, 15) is 4.79 Å². The van der Waals surface area contributed by atoms with Crippen molar-refractivity contribution >= 4 is 6.09 Å². The summed E-state index contributed by atoms with van der Waals surface area (Å²) in [5.74, 6) is 0.303. The lowest BCUT2D eigenvalue weighted by Gasteiger charge is -2.38. The summed E-state index contributed by atoms with van der Waals surface area (Å²) in [7, 11) is 0. The van der Waals surface area contributed by atoms with Gasteiger partial charge in [-0.15, -0.1) is 0 Å². The Morgan fingerprint density at radius 2 is 1.97 bits per heavy atom. The smallest absolute Gasteiger partial charge is 0.410 e. The van der Waals surface area contributed by atoms with Gasteiger partial charge >= 0.3 is 6.09 Å². The molecule has 1 aliphatic rings. The summed E-state index contributed by atoms with van der Waals surface area (Å²) in [4.78, 5) is 14.5. The maximum atomic E-state index is 15.1. The predicted molar refractivity (Wildman–Crippen MR) is 125 cm³/mol. The molecule has 1 amide bonds. The monoisotopic (exact) mass is 425 g/mol. The first kappa shape index (κ1) is 23.3. The molecular formula is C27H36FNO2. The van der Waals surface area contributed by atoms with Crippen LogP contribution in [0.4, 0.5) is 9.18 Å². The van der Waals surface area contributed by atoms with Gasteiger partial charge in [0, 0.05) is 18.7 Å². The van der Waals surface area contributed by atoms with E-state index < -0.39 is 5.60 Å². The van der Waals surface area contributed by atoms with E-state index in [2.05, 4.69) is 19.1 Å². The second-order valence-electron chi connectivity index (χ2n) is 9.80. The molecular weight excluding hydrogens is 389 g/mol. The topological polar surface area (TPSA) is 29.5 Å². The summed E-state index contributed by atoms with van der Waals surface area (Å²) in [6.45, 7) is 11.3. The SMILES string of the molecule is CCCC(c1cccc(F)c1-c1cccc(C)c1)C1CCCN(C(=O)OC(C)(C)C)C1. The van der Waals surface area contributed by atoms with E-state index in [1.165, 1.54) is 0 Å². The van der Waals surface area contributed by atoms with Gasteiger partial charge in [-0.2, -0.15) is 0 Å². The zero-order chi connectivity index (χ0) is 22.6. The van der Waals surface area contributed by atoms with Gasteiger partial charge in [-0.3, -0.25) is 0 Å². The van der Waals surface area contributed by atoms with Gasteiger partial charge in [0.2, 0.25) is 0 Å². The van der Waals surface area contributed by atoms with Crippen LogP contribution in [-0.2, 0) is 4.74 Å². The van der Waals surface area contributed by atoms with E-state index in [0.717, 1.165) is 48.9 Å². The maximum Gasteiger partial charge on any atom is 0.410 e. The third kappa shape index (κ3) is 5.87. The lowest BCUT2D eigenvalue weighted by molar-refractivity contribution is 0.0149. The van der Waals surface area contributed by atoms with Crippen molar-refractivity contribution in [3.05, 3.63) is 59.4 Å². The Bertz CT molecular complexity index is 902. The number of aryl methyl sites for hydroxylation is 1. The van der Waals surface area contributed by atoms with Crippen LogP contribution < -0.4 is 0 Å². The molecule has 31 heavy (non-hydrogen) atoms. The van der Waals surface area contributed by atoms with Crippen LogP contribution in [0.2, 0.25) is 0 Å². The predicted octanol–water partition coefficient (Wildman–Crippen LogP) is 7.33. The number of nitrogens with zero attached hydrogens (tertiary/aromatic N) is 1. The summed E-state index contributed by atoms with van der Waals surface area (Å²) in [5, 5.41) is 0. The van der Waals surface area contributed by atoms with Crippen LogP contribution >= 0.6 is 0 Å². The number of carbonyl (C=O) groups excluding carboxylic acids is 1. The van der Waals surface area contributed by atoms with Gasteiger partial charge in [-0.25, -0.2) is 9.18 Å². The molecule has 2 aromatic carbocycles. The molecule has 2 atom stereocenters. The average Bonchev–Trinajstić information content (AvgIpc) is 2.70. The van der Waals surface area contributed by atoms with Crippen molar-refractivity contribution in [2.45, 2.75) is 71.8 Å². The van der Waals surface area contributed by atoms with Crippen LogP contribution in [0, 0.1) is 18.7 Å². The first-order valence-corrected chi connectivity index (χ1v) is 11.5. The Balaban J connectivity index is 1.94. The Morgan fingerprint density at radius 1 is 1.23 bits per heavy atom. The van der Waals surface area contributed by atoms with Crippen LogP contribution in [0.3, 0.4) is 0 Å². The second kappa shape index (κ2) is 9.84. The van der Waals surface area contributed by atoms with Gasteiger partial charge in [0.1, 0.15) is 11.4 Å². The fourth-order valence-electron chi connectivity index (χ4n) is 4.74. The third-order valence-corrected chi connectivity index (χ3v) is 6.03. The number of amides is 1. The molecule has 3 nitrogen and oxygen atoms in total. The number of piperidine rings is 1. The molecule has 0 aromatic heterocycles. The Hall–Kier alpha value is -2.36. The van der Waals surface area contributed by atoms with Crippen LogP contribution in [0.5, 0.6) is 0 Å². The normalized spacial score (nSPS) is 18.0. The Labute approximate surface area is 186 Å². The van der Waals surface area contributed by atoms with Gasteiger partial charge in [-0.1, -0.05) is 55.3 Å². The van der Waals surface area contributed by atoms with Crippen molar-refractivity contribution in [1.82, 2.24) is 4.90 Å². The summed E-state index contributed by atoms with van der Waals surface area (Å²) >= 11 is 0. The third-order valence-electron chi connectivity index (χ3n) is 6.03. The first-order chi connectivity index (χ1) is 14.7. The van der Waals surface area contributed by atoms with Crippen LogP contribution in [0.25, 0.3) is 11.1 Å². The quantitative estimate of drug-likeness (QED) is 0.502. The fraction of sp³-hybridized carbons (Fsp3) is 0.519. The van der Waals surface area contributed by atoms with Gasteiger partial charge in [0.15, 0.2) is 0 Å². The highest BCUT2D eigenvalue weighted by Crippen LogP contribution is 2.41. The van der Waals surface area contributed by atoms with Crippen LogP contribution in [0.15, 0.2) is 42.5 Å². The molecule has 0 N–H and O–H groups in total. The van der Waals surface area contributed by atoms with E-state index in [1.807, 2.05) is 56.9 Å². The molecule has 1 fully saturated rings. The zero-order valence-electron chi connectivity index (χ0n) is 19.6. The molecule has 3 rings (SSSR count). The Kier molecular flexibility index (Phi) is 7.40. The molecule has 0 radical (unpaired) electrons. The highest BCUT2D eigenvalue weighted by atomic mass is 19.1. The summed E-state index contributed by atoms with van der Waals surface area (Å²) in [6, 6.07) is 13.5. The molecule has 0 saturated carbocycles. The van der Waals surface area contributed by atoms with Gasteiger partial charge in [-0.05, 0) is 76.0 Å². The molecule has 4 heteroatoms. The number of likely N-dealkylation sites (tertiary alicyclic amines) is 1. The molecule has 1 saturated heterocycles. The standard InChI is InChI=1S/C27H36FNO2/c1-6-10-22(21-13-9-16-29(18-21)26(30)31-27(3,4)5)23-14-8-15-24(28)25(23)20-12-7-11-19(2)17-20/h7-8,11-12,14-15,17,21-22H,6,9-10,13,16,18H2,1-5H3. The highest BCUT2D eigenvalue weighted by Gasteiger charge is 2.33. The van der Waals surface area contributed by atoms with E-state index in [1.54, 1.807) is 6.07 Å². The van der Waals surface area contributed by atoms with Crippen molar-refractivity contribution in [1.29, 1.82) is 0 Å². The van der Waals surface area contributed by atoms with E-state index in [-0.39, 0.29) is 23.7 Å². The minimum atomic E-state index is -0.506. The van der Waals surface area contributed by atoms with Crippen molar-refractivity contribution < 1.29 is 13.9 Å². The molecule has 1 heterocycles. The lowest BCUT2D eigenvalue weighted by Crippen LogP contribution is -2.44. The average molecular weight is 426 g/mol. The number of rotatable bonds is 5. The minimum Gasteiger partial charge on any atom is -0.444 e. The summed E-state index contributed by atoms with van der Waals surface area (Å²) in [5.41, 5.74) is 3.30. The van der Waals surface area contributed by atoms with Crippen molar-refractivity contribution in [3.8, 4) is 11.1 Å². The van der Waals surface area contributed by atoms with Gasteiger partial charge in [0.25, 0.3) is 0 Å². The molecule has 0 spiro atoms. The number of hydrogen-bond acceptors (Lipinski definition) is 2. The maximum absolute atomic E-state index is 15.1. The Morgan fingerprint density at radius 3 is 2.65 bits per heavy atom. The number of benzene rings is 2. The summed E-state index contributed by atoms with van der Waals surface area (Å²) in [6.07, 6.45) is 3.71.